The Morgan fingerprint density at radius 1 is 1.25 bits per heavy atom. The Hall–Kier alpha value is -1.02. The van der Waals surface area contributed by atoms with Crippen molar-refractivity contribution in [3.63, 3.8) is 0 Å². The summed E-state index contributed by atoms with van der Waals surface area (Å²) in [5, 5.41) is 3.76. The molecule has 0 amide bonds. The number of hydrogen-bond donors (Lipinski definition) is 1. The Labute approximate surface area is 123 Å². The summed E-state index contributed by atoms with van der Waals surface area (Å²) in [5.74, 6) is 1.02. The van der Waals surface area contributed by atoms with Crippen LogP contribution in [0.1, 0.15) is 58.9 Å². The summed E-state index contributed by atoms with van der Waals surface area (Å²) in [6, 6.07) is 8.99. The summed E-state index contributed by atoms with van der Waals surface area (Å²) in [4.78, 5) is 0. The minimum absolute atomic E-state index is 0.224. The Morgan fingerprint density at radius 3 is 2.70 bits per heavy atom. The molecule has 1 aliphatic rings. The molecule has 1 aromatic carbocycles. The van der Waals surface area contributed by atoms with Crippen LogP contribution >= 0.6 is 0 Å². The van der Waals surface area contributed by atoms with Crippen LogP contribution in [-0.4, -0.2) is 12.1 Å². The maximum Gasteiger partial charge on any atom is 0.124 e. The van der Waals surface area contributed by atoms with Crippen LogP contribution in [0.25, 0.3) is 0 Å². The molecule has 1 N–H and O–H groups in total. The molecule has 2 nitrogen and oxygen atoms in total. The third kappa shape index (κ3) is 3.99. The standard InChI is InChI=1S/C18H29NO/c1-14(2)20-16-10-6-5-9-15(16)13-19-17-11-7-8-12-18(17,3)4/h5-6,9-10,14,17,19H,7-8,11-13H2,1-4H3. The van der Waals surface area contributed by atoms with E-state index < -0.39 is 0 Å². The van der Waals surface area contributed by atoms with E-state index in [-0.39, 0.29) is 6.10 Å². The van der Waals surface area contributed by atoms with Gasteiger partial charge < -0.3 is 10.1 Å². The highest BCUT2D eigenvalue weighted by Gasteiger charge is 2.31. The molecule has 1 aromatic rings. The van der Waals surface area contributed by atoms with Gasteiger partial charge in [-0.2, -0.15) is 0 Å². The lowest BCUT2D eigenvalue weighted by molar-refractivity contribution is 0.165. The Balaban J connectivity index is 2.00. The van der Waals surface area contributed by atoms with Gasteiger partial charge in [-0.3, -0.25) is 0 Å². The maximum atomic E-state index is 5.90. The molecule has 0 radical (unpaired) electrons. The number of benzene rings is 1. The van der Waals surface area contributed by atoms with Gasteiger partial charge in [0.2, 0.25) is 0 Å². The topological polar surface area (TPSA) is 21.3 Å². The van der Waals surface area contributed by atoms with Gasteiger partial charge in [-0.1, -0.05) is 44.9 Å². The van der Waals surface area contributed by atoms with E-state index in [0.29, 0.717) is 11.5 Å². The van der Waals surface area contributed by atoms with Crippen LogP contribution in [0, 0.1) is 5.41 Å². The SMILES string of the molecule is CC(C)Oc1ccccc1CNC1CCCCC1(C)C. The van der Waals surface area contributed by atoms with Gasteiger partial charge in [0.1, 0.15) is 5.75 Å². The Morgan fingerprint density at radius 2 is 2.00 bits per heavy atom. The van der Waals surface area contributed by atoms with E-state index in [0.717, 1.165) is 12.3 Å². The van der Waals surface area contributed by atoms with Crippen LogP contribution in [0.15, 0.2) is 24.3 Å². The summed E-state index contributed by atoms with van der Waals surface area (Å²) >= 11 is 0. The predicted octanol–water partition coefficient (Wildman–Crippen LogP) is 4.53. The fourth-order valence-corrected chi connectivity index (χ4v) is 3.12. The number of hydrogen-bond acceptors (Lipinski definition) is 2. The van der Waals surface area contributed by atoms with Gasteiger partial charge in [-0.25, -0.2) is 0 Å². The van der Waals surface area contributed by atoms with Gasteiger partial charge in [-0.15, -0.1) is 0 Å². The van der Waals surface area contributed by atoms with Crippen molar-refractivity contribution >= 4 is 0 Å². The summed E-state index contributed by atoms with van der Waals surface area (Å²) in [7, 11) is 0. The van der Waals surface area contributed by atoms with Gasteiger partial charge in [0, 0.05) is 18.2 Å². The largest absolute Gasteiger partial charge is 0.491 e. The molecule has 1 fully saturated rings. The maximum absolute atomic E-state index is 5.90. The lowest BCUT2D eigenvalue weighted by atomic mass is 9.73. The minimum atomic E-state index is 0.224. The van der Waals surface area contributed by atoms with Gasteiger partial charge in [0.15, 0.2) is 0 Å². The van der Waals surface area contributed by atoms with Gasteiger partial charge in [-0.05, 0) is 38.2 Å². The zero-order valence-electron chi connectivity index (χ0n) is 13.4. The van der Waals surface area contributed by atoms with Crippen LogP contribution in [0.3, 0.4) is 0 Å². The van der Waals surface area contributed by atoms with Crippen molar-refractivity contribution in [2.45, 2.75) is 72.1 Å². The Kier molecular flexibility index (Phi) is 5.09. The van der Waals surface area contributed by atoms with E-state index in [2.05, 4.69) is 51.2 Å². The van der Waals surface area contributed by atoms with Crippen molar-refractivity contribution < 1.29 is 4.74 Å². The zero-order valence-corrected chi connectivity index (χ0v) is 13.4. The zero-order chi connectivity index (χ0) is 14.6. The molecule has 1 saturated carbocycles. The molecule has 1 aliphatic carbocycles. The molecule has 0 aromatic heterocycles. The first-order valence-electron chi connectivity index (χ1n) is 7.97. The van der Waals surface area contributed by atoms with Crippen LogP contribution < -0.4 is 10.1 Å². The second-order valence-corrected chi connectivity index (χ2v) is 6.94. The van der Waals surface area contributed by atoms with E-state index in [9.17, 15) is 0 Å². The molecule has 20 heavy (non-hydrogen) atoms. The lowest BCUT2D eigenvalue weighted by Gasteiger charge is -2.39. The number of para-hydroxylation sites is 1. The molecule has 112 valence electrons. The van der Waals surface area contributed by atoms with Crippen LogP contribution in [0.4, 0.5) is 0 Å². The molecule has 2 rings (SSSR count). The molecule has 0 heterocycles. The molecular weight excluding hydrogens is 246 g/mol. The fraction of sp³-hybridized carbons (Fsp3) is 0.667. The van der Waals surface area contributed by atoms with Crippen molar-refractivity contribution in [3.8, 4) is 5.75 Å². The first-order chi connectivity index (χ1) is 9.49. The first-order valence-corrected chi connectivity index (χ1v) is 7.97. The Bertz CT molecular complexity index is 425. The van der Waals surface area contributed by atoms with Gasteiger partial charge in [0.05, 0.1) is 6.10 Å². The highest BCUT2D eigenvalue weighted by Crippen LogP contribution is 2.35. The van der Waals surface area contributed by atoms with E-state index >= 15 is 0 Å². The van der Waals surface area contributed by atoms with Gasteiger partial charge in [0.25, 0.3) is 0 Å². The van der Waals surface area contributed by atoms with E-state index in [1.54, 1.807) is 0 Å². The van der Waals surface area contributed by atoms with Crippen molar-refractivity contribution in [2.75, 3.05) is 0 Å². The first kappa shape index (κ1) is 15.4. The summed E-state index contributed by atoms with van der Waals surface area (Å²) in [6.07, 6.45) is 5.57. The summed E-state index contributed by atoms with van der Waals surface area (Å²) in [6.45, 7) is 9.83. The molecule has 1 atom stereocenters. The number of rotatable bonds is 5. The van der Waals surface area contributed by atoms with Crippen LogP contribution in [0.5, 0.6) is 5.75 Å². The molecule has 0 bridgehead atoms. The molecule has 0 spiro atoms. The van der Waals surface area contributed by atoms with Crippen molar-refractivity contribution in [3.05, 3.63) is 29.8 Å². The molecule has 0 aliphatic heterocycles. The quantitative estimate of drug-likeness (QED) is 0.852. The minimum Gasteiger partial charge on any atom is -0.491 e. The normalized spacial score (nSPS) is 21.9. The number of ether oxygens (including phenoxy) is 1. The third-order valence-electron chi connectivity index (χ3n) is 4.38. The fourth-order valence-electron chi connectivity index (χ4n) is 3.12. The van der Waals surface area contributed by atoms with Gasteiger partial charge >= 0.3 is 0 Å². The van der Waals surface area contributed by atoms with E-state index in [4.69, 9.17) is 4.74 Å². The average Bonchev–Trinajstić information content (AvgIpc) is 2.38. The molecule has 2 heteroatoms. The highest BCUT2D eigenvalue weighted by molar-refractivity contribution is 5.33. The molecule has 1 unspecified atom stereocenters. The smallest absolute Gasteiger partial charge is 0.124 e. The second-order valence-electron chi connectivity index (χ2n) is 6.94. The average molecular weight is 275 g/mol. The summed E-state index contributed by atoms with van der Waals surface area (Å²) in [5.41, 5.74) is 1.68. The molecular formula is C18H29NO. The van der Waals surface area contributed by atoms with E-state index in [1.165, 1.54) is 31.2 Å². The van der Waals surface area contributed by atoms with Crippen LogP contribution in [0.2, 0.25) is 0 Å². The third-order valence-corrected chi connectivity index (χ3v) is 4.38. The highest BCUT2D eigenvalue weighted by atomic mass is 16.5. The van der Waals surface area contributed by atoms with Crippen molar-refractivity contribution in [1.29, 1.82) is 0 Å². The van der Waals surface area contributed by atoms with Crippen molar-refractivity contribution in [2.24, 2.45) is 5.41 Å². The summed E-state index contributed by atoms with van der Waals surface area (Å²) < 4.78 is 5.90. The van der Waals surface area contributed by atoms with Crippen LogP contribution in [-0.2, 0) is 6.54 Å². The lowest BCUT2D eigenvalue weighted by Crippen LogP contribution is -2.43. The van der Waals surface area contributed by atoms with Crippen molar-refractivity contribution in [1.82, 2.24) is 5.32 Å². The predicted molar refractivity (Wildman–Crippen MR) is 85.1 cm³/mol. The monoisotopic (exact) mass is 275 g/mol. The molecule has 0 saturated heterocycles. The number of nitrogens with one attached hydrogen (secondary N) is 1. The van der Waals surface area contributed by atoms with E-state index in [1.807, 2.05) is 6.07 Å². The second kappa shape index (κ2) is 6.62.